The van der Waals surface area contributed by atoms with Crippen molar-refractivity contribution in [3.63, 3.8) is 0 Å². The Morgan fingerprint density at radius 2 is 2.00 bits per heavy atom. The van der Waals surface area contributed by atoms with Crippen molar-refractivity contribution in [1.29, 1.82) is 0 Å². The Bertz CT molecular complexity index is 759. The summed E-state index contributed by atoms with van der Waals surface area (Å²) in [6, 6.07) is 8.11. The molecule has 0 aliphatic carbocycles. The van der Waals surface area contributed by atoms with Crippen LogP contribution in [0, 0.1) is 6.92 Å². The van der Waals surface area contributed by atoms with Crippen LogP contribution in [0.3, 0.4) is 0 Å². The number of carbonyl (C=O) groups is 1. The number of amides is 1. The summed E-state index contributed by atoms with van der Waals surface area (Å²) in [5, 5.41) is 7.60. The average molecular weight is 485 g/mol. The number of nitrogens with zero attached hydrogens (tertiary/aromatic N) is 3. The second kappa shape index (κ2) is 9.86. The molecule has 1 aliphatic rings. The van der Waals surface area contributed by atoms with Crippen LogP contribution in [0.1, 0.15) is 28.3 Å². The van der Waals surface area contributed by atoms with E-state index in [1.54, 1.807) is 18.4 Å². The monoisotopic (exact) mass is 485 g/mol. The lowest BCUT2D eigenvalue weighted by molar-refractivity contribution is -0.117. The van der Waals surface area contributed by atoms with E-state index in [0.717, 1.165) is 35.2 Å². The second-order valence-electron chi connectivity index (χ2n) is 5.96. The second-order valence-corrected chi connectivity index (χ2v) is 7.28. The molecular formula is C18H24IN5OS. The van der Waals surface area contributed by atoms with E-state index in [0.29, 0.717) is 19.5 Å². The predicted octanol–water partition coefficient (Wildman–Crippen LogP) is 3.06. The molecule has 1 aliphatic heterocycles. The van der Waals surface area contributed by atoms with E-state index in [1.165, 1.54) is 4.88 Å². The number of aryl methyl sites for hydroxylation is 1. The molecule has 3 rings (SSSR count). The molecule has 2 N–H and O–H groups in total. The highest BCUT2D eigenvalue weighted by Gasteiger charge is 2.21. The van der Waals surface area contributed by atoms with Gasteiger partial charge < -0.3 is 15.5 Å². The first kappa shape index (κ1) is 20.6. The number of aliphatic imine (C=N–C) groups is 1. The number of benzene rings is 1. The molecule has 0 saturated carbocycles. The first-order valence-electron chi connectivity index (χ1n) is 8.41. The largest absolute Gasteiger partial charge is 0.352 e. The molecule has 0 spiro atoms. The molecule has 8 heteroatoms. The van der Waals surface area contributed by atoms with Crippen molar-refractivity contribution < 1.29 is 4.79 Å². The zero-order valence-electron chi connectivity index (χ0n) is 15.0. The van der Waals surface area contributed by atoms with Gasteiger partial charge in [-0.05, 0) is 31.0 Å². The molecule has 1 fully saturated rings. The molecule has 1 saturated heterocycles. The highest BCUT2D eigenvalue weighted by atomic mass is 127. The number of aromatic nitrogens is 1. The highest BCUT2D eigenvalue weighted by Crippen LogP contribution is 2.21. The first-order valence-corrected chi connectivity index (χ1v) is 9.22. The van der Waals surface area contributed by atoms with Crippen molar-refractivity contribution in [3.05, 3.63) is 45.9 Å². The van der Waals surface area contributed by atoms with Gasteiger partial charge in [0, 0.05) is 43.3 Å². The number of halogens is 1. The Morgan fingerprint density at radius 1 is 1.27 bits per heavy atom. The molecule has 2 aromatic rings. The Morgan fingerprint density at radius 3 is 2.58 bits per heavy atom. The summed E-state index contributed by atoms with van der Waals surface area (Å²) in [7, 11) is 1.75. The minimum Gasteiger partial charge on any atom is -0.352 e. The molecule has 1 aromatic carbocycles. The van der Waals surface area contributed by atoms with E-state index in [-0.39, 0.29) is 29.9 Å². The van der Waals surface area contributed by atoms with E-state index >= 15 is 0 Å². The maximum absolute atomic E-state index is 11.8. The number of hydrogen-bond donors (Lipinski definition) is 2. The van der Waals surface area contributed by atoms with Crippen molar-refractivity contribution in [1.82, 2.24) is 15.6 Å². The van der Waals surface area contributed by atoms with Crippen LogP contribution in [-0.2, 0) is 17.9 Å². The van der Waals surface area contributed by atoms with Gasteiger partial charge in [-0.2, -0.15) is 0 Å². The molecular weight excluding hydrogens is 461 g/mol. The van der Waals surface area contributed by atoms with E-state index in [9.17, 15) is 4.79 Å². The van der Waals surface area contributed by atoms with E-state index in [1.807, 2.05) is 42.3 Å². The Hall–Kier alpha value is -1.68. The molecule has 140 valence electrons. The van der Waals surface area contributed by atoms with Crippen LogP contribution in [0.15, 0.2) is 35.5 Å². The fraction of sp³-hybridized carbons (Fsp3) is 0.389. The van der Waals surface area contributed by atoms with Gasteiger partial charge >= 0.3 is 0 Å². The SMILES string of the molecule is CN=C(NCc1ccc(N2CCCC2=O)cc1)NCc1ncc(C)s1.I. The van der Waals surface area contributed by atoms with Crippen molar-refractivity contribution in [2.45, 2.75) is 32.9 Å². The third-order valence-electron chi connectivity index (χ3n) is 4.08. The van der Waals surface area contributed by atoms with Gasteiger partial charge in [-0.15, -0.1) is 35.3 Å². The van der Waals surface area contributed by atoms with Gasteiger partial charge in [0.1, 0.15) is 5.01 Å². The lowest BCUT2D eigenvalue weighted by Crippen LogP contribution is -2.36. The van der Waals surface area contributed by atoms with Crippen molar-refractivity contribution in [2.75, 3.05) is 18.5 Å². The van der Waals surface area contributed by atoms with Crippen LogP contribution >= 0.6 is 35.3 Å². The van der Waals surface area contributed by atoms with E-state index in [4.69, 9.17) is 0 Å². The molecule has 1 aromatic heterocycles. The Labute approximate surface area is 175 Å². The van der Waals surface area contributed by atoms with Gasteiger partial charge in [0.05, 0.1) is 6.54 Å². The topological polar surface area (TPSA) is 69.6 Å². The highest BCUT2D eigenvalue weighted by molar-refractivity contribution is 14.0. The zero-order chi connectivity index (χ0) is 17.6. The molecule has 1 amide bonds. The standard InChI is InChI=1S/C18H23N5OS.HI/c1-13-10-20-16(25-13)12-22-18(19-2)21-11-14-5-7-15(8-6-14)23-9-3-4-17(23)24;/h5-8,10H,3-4,9,11-12H2,1-2H3,(H2,19,21,22);1H. The predicted molar refractivity (Wildman–Crippen MR) is 117 cm³/mol. The molecule has 6 nitrogen and oxygen atoms in total. The van der Waals surface area contributed by atoms with Gasteiger partial charge in [0.25, 0.3) is 0 Å². The van der Waals surface area contributed by atoms with Crippen molar-refractivity contribution >= 4 is 52.9 Å². The first-order chi connectivity index (χ1) is 12.2. The fourth-order valence-electron chi connectivity index (χ4n) is 2.76. The van der Waals surface area contributed by atoms with Crippen LogP contribution in [0.25, 0.3) is 0 Å². The Balaban J connectivity index is 0.00000243. The average Bonchev–Trinajstić information content (AvgIpc) is 3.24. The van der Waals surface area contributed by atoms with Crippen LogP contribution in [0.4, 0.5) is 5.69 Å². The third-order valence-corrected chi connectivity index (χ3v) is 4.99. The minimum atomic E-state index is 0. The lowest BCUT2D eigenvalue weighted by Gasteiger charge is -2.16. The summed E-state index contributed by atoms with van der Waals surface area (Å²) in [4.78, 5) is 23.4. The third kappa shape index (κ3) is 5.41. The molecule has 26 heavy (non-hydrogen) atoms. The fourth-order valence-corrected chi connectivity index (χ4v) is 3.49. The van der Waals surface area contributed by atoms with Gasteiger partial charge in [-0.25, -0.2) is 4.98 Å². The van der Waals surface area contributed by atoms with Gasteiger partial charge in [0.2, 0.25) is 5.91 Å². The van der Waals surface area contributed by atoms with E-state index < -0.39 is 0 Å². The van der Waals surface area contributed by atoms with Gasteiger partial charge in [-0.1, -0.05) is 12.1 Å². The number of rotatable bonds is 5. The number of nitrogens with one attached hydrogen (secondary N) is 2. The molecule has 0 unspecified atom stereocenters. The summed E-state index contributed by atoms with van der Waals surface area (Å²) < 4.78 is 0. The van der Waals surface area contributed by atoms with E-state index in [2.05, 4.69) is 20.6 Å². The number of thiazole rings is 1. The number of carbonyl (C=O) groups excluding carboxylic acids is 1. The van der Waals surface area contributed by atoms with Crippen LogP contribution in [0.2, 0.25) is 0 Å². The van der Waals surface area contributed by atoms with Crippen LogP contribution in [-0.4, -0.2) is 30.4 Å². The number of guanidine groups is 1. The van der Waals surface area contributed by atoms with Gasteiger partial charge in [-0.3, -0.25) is 9.79 Å². The normalized spacial score (nSPS) is 14.3. The lowest BCUT2D eigenvalue weighted by atomic mass is 10.2. The zero-order valence-corrected chi connectivity index (χ0v) is 18.1. The molecule has 0 radical (unpaired) electrons. The Kier molecular flexibility index (Phi) is 7.83. The summed E-state index contributed by atoms with van der Waals surface area (Å²) >= 11 is 1.68. The molecule has 0 atom stereocenters. The molecule has 2 heterocycles. The summed E-state index contributed by atoms with van der Waals surface area (Å²) in [6.07, 6.45) is 3.48. The van der Waals surface area contributed by atoms with Crippen molar-refractivity contribution in [2.24, 2.45) is 4.99 Å². The summed E-state index contributed by atoms with van der Waals surface area (Å²) in [5.41, 5.74) is 2.12. The van der Waals surface area contributed by atoms with Crippen molar-refractivity contribution in [3.8, 4) is 0 Å². The maximum atomic E-state index is 11.8. The summed E-state index contributed by atoms with van der Waals surface area (Å²) in [6.45, 7) is 4.20. The quantitative estimate of drug-likeness (QED) is 0.388. The minimum absolute atomic E-state index is 0. The van der Waals surface area contributed by atoms with Crippen LogP contribution in [0.5, 0.6) is 0 Å². The molecule has 0 bridgehead atoms. The maximum Gasteiger partial charge on any atom is 0.227 e. The summed E-state index contributed by atoms with van der Waals surface area (Å²) in [5.74, 6) is 0.958. The van der Waals surface area contributed by atoms with Crippen LogP contribution < -0.4 is 15.5 Å². The van der Waals surface area contributed by atoms with Gasteiger partial charge in [0.15, 0.2) is 5.96 Å². The smallest absolute Gasteiger partial charge is 0.227 e. The number of anilines is 1. The number of hydrogen-bond acceptors (Lipinski definition) is 4.